The normalized spacial score (nSPS) is 19.2. The molecular weight excluding hydrogens is 228 g/mol. The van der Waals surface area contributed by atoms with E-state index in [4.69, 9.17) is 0 Å². The number of aromatic nitrogens is 1. The fourth-order valence-corrected chi connectivity index (χ4v) is 2.37. The molecule has 1 saturated heterocycles. The number of carbonyl (C=O) groups is 2. The Morgan fingerprint density at radius 2 is 2.06 bits per heavy atom. The number of carbonyl (C=O) groups excluding carboxylic acids is 2. The van der Waals surface area contributed by atoms with Crippen LogP contribution in [0.15, 0.2) is 36.5 Å². The van der Waals surface area contributed by atoms with E-state index in [9.17, 15) is 9.59 Å². The lowest BCUT2D eigenvalue weighted by Gasteiger charge is -2.08. The molecule has 1 N–H and O–H groups in total. The number of pyridine rings is 1. The smallest absolute Gasteiger partial charge is 0.230 e. The molecule has 1 aromatic heterocycles. The molecular formula is C14H12N2O2. The van der Waals surface area contributed by atoms with Crippen LogP contribution in [0.25, 0.3) is 10.9 Å². The summed E-state index contributed by atoms with van der Waals surface area (Å²) in [5.74, 6) is -0.615. The molecule has 1 aromatic carbocycles. The highest BCUT2D eigenvalue weighted by atomic mass is 16.2. The van der Waals surface area contributed by atoms with E-state index in [1.54, 1.807) is 6.20 Å². The summed E-state index contributed by atoms with van der Waals surface area (Å²) in [6.07, 6.45) is 2.58. The Balaban J connectivity index is 1.95. The molecule has 2 heterocycles. The average molecular weight is 240 g/mol. The van der Waals surface area contributed by atoms with Gasteiger partial charge in [0.2, 0.25) is 11.8 Å². The van der Waals surface area contributed by atoms with Crippen molar-refractivity contribution in [1.29, 1.82) is 0 Å². The lowest BCUT2D eigenvalue weighted by atomic mass is 9.96. The van der Waals surface area contributed by atoms with Gasteiger partial charge in [-0.2, -0.15) is 0 Å². The van der Waals surface area contributed by atoms with E-state index in [2.05, 4.69) is 10.3 Å². The molecule has 3 rings (SSSR count). The van der Waals surface area contributed by atoms with E-state index in [1.807, 2.05) is 30.3 Å². The van der Waals surface area contributed by atoms with Crippen LogP contribution < -0.4 is 5.32 Å². The van der Waals surface area contributed by atoms with Crippen LogP contribution in [0, 0.1) is 5.92 Å². The first-order chi connectivity index (χ1) is 8.74. The van der Waals surface area contributed by atoms with Crippen molar-refractivity contribution in [2.45, 2.75) is 12.8 Å². The van der Waals surface area contributed by atoms with Crippen molar-refractivity contribution in [2.24, 2.45) is 5.92 Å². The zero-order valence-corrected chi connectivity index (χ0v) is 9.72. The number of rotatable bonds is 2. The molecule has 1 fully saturated rings. The van der Waals surface area contributed by atoms with Crippen LogP contribution in [-0.2, 0) is 16.0 Å². The first-order valence-corrected chi connectivity index (χ1v) is 5.90. The van der Waals surface area contributed by atoms with Crippen molar-refractivity contribution in [2.75, 3.05) is 0 Å². The Morgan fingerprint density at radius 3 is 2.83 bits per heavy atom. The number of benzene rings is 1. The highest BCUT2D eigenvalue weighted by Crippen LogP contribution is 2.22. The summed E-state index contributed by atoms with van der Waals surface area (Å²) in [7, 11) is 0. The van der Waals surface area contributed by atoms with E-state index in [0.29, 0.717) is 6.42 Å². The van der Waals surface area contributed by atoms with Gasteiger partial charge in [-0.05, 0) is 18.1 Å². The largest absolute Gasteiger partial charge is 0.296 e. The summed E-state index contributed by atoms with van der Waals surface area (Å²) < 4.78 is 0. The highest BCUT2D eigenvalue weighted by molar-refractivity contribution is 6.03. The number of para-hydroxylation sites is 1. The molecule has 1 aliphatic heterocycles. The maximum atomic E-state index is 11.6. The summed E-state index contributed by atoms with van der Waals surface area (Å²) in [6.45, 7) is 0. The van der Waals surface area contributed by atoms with Crippen molar-refractivity contribution in [1.82, 2.24) is 10.3 Å². The predicted molar refractivity (Wildman–Crippen MR) is 66.7 cm³/mol. The van der Waals surface area contributed by atoms with Crippen LogP contribution in [-0.4, -0.2) is 16.8 Å². The maximum absolute atomic E-state index is 11.6. The number of nitrogens with one attached hydrogen (secondary N) is 1. The Kier molecular flexibility index (Phi) is 2.55. The Morgan fingerprint density at radius 1 is 1.22 bits per heavy atom. The van der Waals surface area contributed by atoms with Crippen LogP contribution in [0.4, 0.5) is 0 Å². The zero-order valence-electron chi connectivity index (χ0n) is 9.72. The first kappa shape index (κ1) is 10.9. The number of fused-ring (bicyclic) bond motifs is 1. The van der Waals surface area contributed by atoms with E-state index in [0.717, 1.165) is 16.5 Å². The molecule has 18 heavy (non-hydrogen) atoms. The standard InChI is InChI=1S/C14H12N2O2/c17-12-8-11(14(18)16-12)7-10-4-1-3-9-5-2-6-15-13(9)10/h1-6,11H,7-8H2,(H,16,17,18). The zero-order chi connectivity index (χ0) is 12.5. The minimum Gasteiger partial charge on any atom is -0.296 e. The van der Waals surface area contributed by atoms with Gasteiger partial charge in [-0.1, -0.05) is 24.3 Å². The topological polar surface area (TPSA) is 59.1 Å². The fraction of sp³-hybridized carbons (Fsp3) is 0.214. The molecule has 1 aliphatic rings. The average Bonchev–Trinajstić information content (AvgIpc) is 2.68. The molecule has 1 atom stereocenters. The summed E-state index contributed by atoms with van der Waals surface area (Å²) in [5, 5.41) is 3.39. The Bertz CT molecular complexity index is 631. The summed E-state index contributed by atoms with van der Waals surface area (Å²) in [6, 6.07) is 9.79. The number of hydrogen-bond donors (Lipinski definition) is 1. The number of imide groups is 1. The molecule has 4 nitrogen and oxygen atoms in total. The van der Waals surface area contributed by atoms with Crippen LogP contribution in [0.2, 0.25) is 0 Å². The third-order valence-electron chi connectivity index (χ3n) is 3.25. The van der Waals surface area contributed by atoms with Gasteiger partial charge >= 0.3 is 0 Å². The van der Waals surface area contributed by atoms with Gasteiger partial charge in [0, 0.05) is 18.0 Å². The van der Waals surface area contributed by atoms with Crippen LogP contribution in [0.3, 0.4) is 0 Å². The van der Waals surface area contributed by atoms with Crippen molar-refractivity contribution < 1.29 is 9.59 Å². The quantitative estimate of drug-likeness (QED) is 0.808. The number of nitrogens with zero attached hydrogens (tertiary/aromatic N) is 1. The molecule has 0 radical (unpaired) electrons. The summed E-state index contributed by atoms with van der Waals surface area (Å²) in [4.78, 5) is 27.1. The van der Waals surface area contributed by atoms with Crippen molar-refractivity contribution in [3.63, 3.8) is 0 Å². The lowest BCUT2D eigenvalue weighted by Crippen LogP contribution is -2.22. The van der Waals surface area contributed by atoms with E-state index < -0.39 is 0 Å². The van der Waals surface area contributed by atoms with Gasteiger partial charge in [-0.15, -0.1) is 0 Å². The second-order valence-electron chi connectivity index (χ2n) is 4.51. The third kappa shape index (κ3) is 1.86. The number of amides is 2. The second-order valence-corrected chi connectivity index (χ2v) is 4.51. The first-order valence-electron chi connectivity index (χ1n) is 5.90. The number of hydrogen-bond acceptors (Lipinski definition) is 3. The van der Waals surface area contributed by atoms with Crippen molar-refractivity contribution >= 4 is 22.7 Å². The predicted octanol–water partition coefficient (Wildman–Crippen LogP) is 1.44. The third-order valence-corrected chi connectivity index (χ3v) is 3.25. The summed E-state index contributed by atoms with van der Waals surface area (Å²) in [5.41, 5.74) is 1.93. The molecule has 2 amide bonds. The fourth-order valence-electron chi connectivity index (χ4n) is 2.37. The van der Waals surface area contributed by atoms with Gasteiger partial charge in [-0.3, -0.25) is 19.9 Å². The molecule has 0 spiro atoms. The molecule has 0 bridgehead atoms. The van der Waals surface area contributed by atoms with Gasteiger partial charge < -0.3 is 0 Å². The second kappa shape index (κ2) is 4.22. The SMILES string of the molecule is O=C1CC(Cc2cccc3cccnc23)C(=O)N1. The molecule has 0 aliphatic carbocycles. The van der Waals surface area contributed by atoms with Gasteiger partial charge in [-0.25, -0.2) is 0 Å². The highest BCUT2D eigenvalue weighted by Gasteiger charge is 2.30. The Hall–Kier alpha value is -2.23. The molecule has 2 aromatic rings. The van der Waals surface area contributed by atoms with E-state index in [1.165, 1.54) is 0 Å². The van der Waals surface area contributed by atoms with Crippen LogP contribution >= 0.6 is 0 Å². The van der Waals surface area contributed by atoms with Crippen LogP contribution in [0.5, 0.6) is 0 Å². The van der Waals surface area contributed by atoms with E-state index >= 15 is 0 Å². The van der Waals surface area contributed by atoms with Gasteiger partial charge in [0.25, 0.3) is 0 Å². The lowest BCUT2D eigenvalue weighted by molar-refractivity contribution is -0.125. The Labute approximate surface area is 104 Å². The monoisotopic (exact) mass is 240 g/mol. The molecule has 90 valence electrons. The van der Waals surface area contributed by atoms with Crippen LogP contribution in [0.1, 0.15) is 12.0 Å². The van der Waals surface area contributed by atoms with E-state index in [-0.39, 0.29) is 24.2 Å². The minimum atomic E-state index is -0.259. The van der Waals surface area contributed by atoms with Gasteiger partial charge in [0.1, 0.15) is 0 Å². The summed E-state index contributed by atoms with van der Waals surface area (Å²) >= 11 is 0. The van der Waals surface area contributed by atoms with Crippen molar-refractivity contribution in [3.8, 4) is 0 Å². The van der Waals surface area contributed by atoms with Crippen molar-refractivity contribution in [3.05, 3.63) is 42.1 Å². The minimum absolute atomic E-state index is 0.173. The molecule has 0 saturated carbocycles. The van der Waals surface area contributed by atoms with Gasteiger partial charge in [0.15, 0.2) is 0 Å². The molecule has 4 heteroatoms. The molecule has 1 unspecified atom stereocenters. The van der Waals surface area contributed by atoms with Gasteiger partial charge in [0.05, 0.1) is 11.4 Å². The maximum Gasteiger partial charge on any atom is 0.230 e.